The molecule has 0 saturated carbocycles. The summed E-state index contributed by atoms with van der Waals surface area (Å²) in [5.41, 5.74) is 1.16. The smallest absolute Gasteiger partial charge is 0.229 e. The van der Waals surface area contributed by atoms with Gasteiger partial charge in [-0.25, -0.2) is 8.42 Å². The largest absolute Gasteiger partial charge is 0.379 e. The third kappa shape index (κ3) is 4.37. The molecule has 8 heteroatoms. The molecule has 108 valence electrons. The van der Waals surface area contributed by atoms with Gasteiger partial charge >= 0.3 is 0 Å². The van der Waals surface area contributed by atoms with Crippen molar-refractivity contribution in [1.82, 2.24) is 0 Å². The lowest BCUT2D eigenvalue weighted by atomic mass is 10.3. The first-order chi connectivity index (χ1) is 9.35. The summed E-state index contributed by atoms with van der Waals surface area (Å²) in [5.74, 6) is 0. The van der Waals surface area contributed by atoms with Gasteiger partial charge in [-0.2, -0.15) is 0 Å². The first-order valence-electron chi connectivity index (χ1n) is 5.58. The zero-order chi connectivity index (χ0) is 14.8. The SMILES string of the molecule is CS(=O)(=O)Nc1ccc(Cl)c(NCc2sccc2Br)c1. The molecular formula is C12H12BrClN2O2S2. The van der Waals surface area contributed by atoms with E-state index in [1.165, 1.54) is 0 Å². The highest BCUT2D eigenvalue weighted by molar-refractivity contribution is 9.10. The molecule has 0 aliphatic carbocycles. The van der Waals surface area contributed by atoms with E-state index in [-0.39, 0.29) is 0 Å². The van der Waals surface area contributed by atoms with Gasteiger partial charge in [0.25, 0.3) is 0 Å². The van der Waals surface area contributed by atoms with Crippen LogP contribution in [0.5, 0.6) is 0 Å². The lowest BCUT2D eigenvalue weighted by Crippen LogP contribution is -2.10. The highest BCUT2D eigenvalue weighted by atomic mass is 79.9. The molecule has 1 heterocycles. The molecule has 4 nitrogen and oxygen atoms in total. The van der Waals surface area contributed by atoms with E-state index in [0.29, 0.717) is 22.9 Å². The second kappa shape index (κ2) is 6.34. The van der Waals surface area contributed by atoms with Crippen molar-refractivity contribution in [3.63, 3.8) is 0 Å². The van der Waals surface area contributed by atoms with Crippen molar-refractivity contribution in [2.45, 2.75) is 6.54 Å². The Morgan fingerprint density at radius 1 is 1.35 bits per heavy atom. The lowest BCUT2D eigenvalue weighted by molar-refractivity contribution is 0.607. The fourth-order valence-electron chi connectivity index (χ4n) is 1.57. The van der Waals surface area contributed by atoms with Gasteiger partial charge in [-0.05, 0) is 45.6 Å². The van der Waals surface area contributed by atoms with E-state index in [0.717, 1.165) is 15.6 Å². The Kier molecular flexibility index (Phi) is 4.95. The van der Waals surface area contributed by atoms with Crippen LogP contribution in [0.25, 0.3) is 0 Å². The predicted octanol–water partition coefficient (Wildman–Crippen LogP) is 4.15. The van der Waals surface area contributed by atoms with E-state index in [9.17, 15) is 8.42 Å². The predicted molar refractivity (Wildman–Crippen MR) is 89.3 cm³/mol. The van der Waals surface area contributed by atoms with E-state index in [1.807, 2.05) is 11.4 Å². The monoisotopic (exact) mass is 394 g/mol. The van der Waals surface area contributed by atoms with Crippen LogP contribution in [0.1, 0.15) is 4.88 Å². The standard InChI is InChI=1S/C12H12BrClN2O2S2/c1-20(17,18)16-8-2-3-10(14)11(6-8)15-7-12-9(13)4-5-19-12/h2-6,15-16H,7H2,1H3. The maximum absolute atomic E-state index is 11.2. The zero-order valence-corrected chi connectivity index (χ0v) is 14.5. The Hall–Kier alpha value is -0.760. The van der Waals surface area contributed by atoms with Crippen molar-refractivity contribution < 1.29 is 8.42 Å². The second-order valence-corrected chi connectivity index (χ2v) is 8.12. The van der Waals surface area contributed by atoms with Crippen LogP contribution in [-0.2, 0) is 16.6 Å². The Bertz CT molecular complexity index is 716. The van der Waals surface area contributed by atoms with Crippen LogP contribution >= 0.6 is 38.9 Å². The molecule has 2 N–H and O–H groups in total. The van der Waals surface area contributed by atoms with E-state index >= 15 is 0 Å². The van der Waals surface area contributed by atoms with Gasteiger partial charge in [0.05, 0.1) is 29.2 Å². The molecule has 0 amide bonds. The van der Waals surface area contributed by atoms with Crippen molar-refractivity contribution in [1.29, 1.82) is 0 Å². The molecule has 0 fully saturated rings. The van der Waals surface area contributed by atoms with Crippen molar-refractivity contribution in [3.8, 4) is 0 Å². The number of sulfonamides is 1. The Morgan fingerprint density at radius 2 is 2.10 bits per heavy atom. The molecule has 0 bridgehead atoms. The molecule has 0 aliphatic rings. The number of thiophene rings is 1. The summed E-state index contributed by atoms with van der Waals surface area (Å²) in [6, 6.07) is 6.92. The van der Waals surface area contributed by atoms with Crippen molar-refractivity contribution >= 4 is 60.3 Å². The minimum absolute atomic E-state index is 0.477. The second-order valence-electron chi connectivity index (χ2n) is 4.11. The Labute approximate surface area is 135 Å². The summed E-state index contributed by atoms with van der Waals surface area (Å²) in [6.45, 7) is 0.611. The fourth-order valence-corrected chi connectivity index (χ4v) is 3.74. The van der Waals surface area contributed by atoms with Crippen LogP contribution in [0.4, 0.5) is 11.4 Å². The topological polar surface area (TPSA) is 58.2 Å². The number of halogens is 2. The van der Waals surface area contributed by atoms with Crippen LogP contribution in [0.2, 0.25) is 5.02 Å². The number of hydrogen-bond donors (Lipinski definition) is 2. The summed E-state index contributed by atoms with van der Waals surface area (Å²) in [4.78, 5) is 1.14. The number of rotatable bonds is 5. The molecule has 1 aromatic carbocycles. The molecule has 0 aliphatic heterocycles. The van der Waals surface area contributed by atoms with Gasteiger partial charge in [-0.15, -0.1) is 11.3 Å². The van der Waals surface area contributed by atoms with Gasteiger partial charge in [0, 0.05) is 9.35 Å². The first-order valence-corrected chi connectivity index (χ1v) is 9.52. The molecule has 0 saturated heterocycles. The number of nitrogens with one attached hydrogen (secondary N) is 2. The summed E-state index contributed by atoms with van der Waals surface area (Å²) in [7, 11) is -3.30. The normalized spacial score (nSPS) is 11.3. The fraction of sp³-hybridized carbons (Fsp3) is 0.167. The van der Waals surface area contributed by atoms with Gasteiger partial charge < -0.3 is 5.32 Å². The minimum atomic E-state index is -3.30. The van der Waals surface area contributed by atoms with Gasteiger partial charge in [0.15, 0.2) is 0 Å². The maximum Gasteiger partial charge on any atom is 0.229 e. The third-order valence-corrected chi connectivity index (χ3v) is 5.26. The van der Waals surface area contributed by atoms with E-state index in [4.69, 9.17) is 11.6 Å². The summed E-state index contributed by atoms with van der Waals surface area (Å²) >= 11 is 11.2. The Balaban J connectivity index is 2.15. The van der Waals surface area contributed by atoms with Gasteiger partial charge in [0.1, 0.15) is 0 Å². The molecule has 0 atom stereocenters. The van der Waals surface area contributed by atoms with E-state index in [2.05, 4.69) is 26.0 Å². The van der Waals surface area contributed by atoms with Crippen LogP contribution in [-0.4, -0.2) is 14.7 Å². The van der Waals surface area contributed by atoms with Crippen LogP contribution < -0.4 is 10.0 Å². The molecule has 0 unspecified atom stereocenters. The summed E-state index contributed by atoms with van der Waals surface area (Å²) < 4.78 is 25.9. The number of anilines is 2. The van der Waals surface area contributed by atoms with Gasteiger partial charge in [0.2, 0.25) is 10.0 Å². The maximum atomic E-state index is 11.2. The summed E-state index contributed by atoms with van der Waals surface area (Å²) in [5, 5.41) is 5.73. The van der Waals surface area contributed by atoms with E-state index in [1.54, 1.807) is 29.5 Å². The van der Waals surface area contributed by atoms with Crippen molar-refractivity contribution in [2.24, 2.45) is 0 Å². The zero-order valence-electron chi connectivity index (χ0n) is 10.5. The molecule has 0 spiro atoms. The third-order valence-electron chi connectivity index (χ3n) is 2.40. The van der Waals surface area contributed by atoms with Gasteiger partial charge in [-0.3, -0.25) is 4.72 Å². The Morgan fingerprint density at radius 3 is 2.70 bits per heavy atom. The molecule has 2 aromatic rings. The highest BCUT2D eigenvalue weighted by Crippen LogP contribution is 2.28. The van der Waals surface area contributed by atoms with Crippen LogP contribution in [0.15, 0.2) is 34.1 Å². The highest BCUT2D eigenvalue weighted by Gasteiger charge is 2.07. The molecular weight excluding hydrogens is 384 g/mol. The van der Waals surface area contributed by atoms with Gasteiger partial charge in [-0.1, -0.05) is 11.6 Å². The first kappa shape index (κ1) is 15.6. The van der Waals surface area contributed by atoms with E-state index < -0.39 is 10.0 Å². The number of benzene rings is 1. The summed E-state index contributed by atoms with van der Waals surface area (Å²) in [6.07, 6.45) is 1.11. The molecule has 1 aromatic heterocycles. The lowest BCUT2D eigenvalue weighted by Gasteiger charge is -2.11. The average molecular weight is 396 g/mol. The minimum Gasteiger partial charge on any atom is -0.379 e. The molecule has 20 heavy (non-hydrogen) atoms. The molecule has 0 radical (unpaired) electrons. The van der Waals surface area contributed by atoms with Crippen LogP contribution in [0, 0.1) is 0 Å². The molecule has 2 rings (SSSR count). The quantitative estimate of drug-likeness (QED) is 0.799. The average Bonchev–Trinajstić information content (AvgIpc) is 2.74. The number of hydrogen-bond acceptors (Lipinski definition) is 4. The van der Waals surface area contributed by atoms with Crippen LogP contribution in [0.3, 0.4) is 0 Å². The van der Waals surface area contributed by atoms with Crippen molar-refractivity contribution in [2.75, 3.05) is 16.3 Å². The van der Waals surface area contributed by atoms with Crippen molar-refractivity contribution in [3.05, 3.63) is 44.0 Å².